The maximum absolute atomic E-state index is 12.0. The number of carbonyl (C=O) groups excluding carboxylic acids is 1. The normalized spacial score (nSPS) is 25.6. The minimum absolute atomic E-state index is 0.155. The van der Waals surface area contributed by atoms with Gasteiger partial charge in [0, 0.05) is 6.54 Å². The molecule has 1 saturated heterocycles. The van der Waals surface area contributed by atoms with Crippen LogP contribution in [0.25, 0.3) is 0 Å². The average Bonchev–Trinajstić information content (AvgIpc) is 2.26. The van der Waals surface area contributed by atoms with Gasteiger partial charge < -0.3 is 20.8 Å². The Morgan fingerprint density at radius 3 is 2.50 bits per heavy atom. The average molecular weight is 258 g/mol. The zero-order valence-corrected chi connectivity index (χ0v) is 10.2. The molecule has 3 atom stereocenters. The number of likely N-dealkylation sites (tertiary alicyclic amines) is 1. The first-order chi connectivity index (χ1) is 8.34. The van der Waals surface area contributed by atoms with Crippen molar-refractivity contribution >= 4 is 17.8 Å². The standard InChI is InChI=1S/C11H18N2O5/c1-6-3-2-4-13(9(6)11(17)18)10(16)7(12)5-8(14)15/h6-7,9H,2-5,12H2,1H3,(H,14,15)(H,17,18). The first kappa shape index (κ1) is 14.4. The van der Waals surface area contributed by atoms with Crippen LogP contribution in [0.1, 0.15) is 26.2 Å². The molecule has 0 saturated carbocycles. The fourth-order valence-electron chi connectivity index (χ4n) is 2.30. The number of hydrogen-bond donors (Lipinski definition) is 3. The van der Waals surface area contributed by atoms with E-state index in [1.54, 1.807) is 6.92 Å². The van der Waals surface area contributed by atoms with Crippen LogP contribution in [0.5, 0.6) is 0 Å². The number of piperidine rings is 1. The molecule has 1 aliphatic heterocycles. The lowest BCUT2D eigenvalue weighted by atomic mass is 9.90. The Labute approximate surface area is 105 Å². The van der Waals surface area contributed by atoms with Gasteiger partial charge >= 0.3 is 11.9 Å². The largest absolute Gasteiger partial charge is 0.481 e. The minimum Gasteiger partial charge on any atom is -0.481 e. The summed E-state index contributed by atoms with van der Waals surface area (Å²) >= 11 is 0. The maximum Gasteiger partial charge on any atom is 0.326 e. The Morgan fingerprint density at radius 1 is 1.39 bits per heavy atom. The first-order valence-corrected chi connectivity index (χ1v) is 5.85. The van der Waals surface area contributed by atoms with Gasteiger partial charge in [0.15, 0.2) is 0 Å². The molecule has 4 N–H and O–H groups in total. The van der Waals surface area contributed by atoms with E-state index in [-0.39, 0.29) is 5.92 Å². The summed E-state index contributed by atoms with van der Waals surface area (Å²) in [6, 6.07) is -2.10. The van der Waals surface area contributed by atoms with Crippen LogP contribution in [0.4, 0.5) is 0 Å². The lowest BCUT2D eigenvalue weighted by molar-refractivity contribution is -0.155. The Bertz CT molecular complexity index is 357. The van der Waals surface area contributed by atoms with Crippen LogP contribution in [0, 0.1) is 5.92 Å². The third kappa shape index (κ3) is 3.19. The number of aliphatic carboxylic acids is 2. The zero-order valence-electron chi connectivity index (χ0n) is 10.2. The number of carboxylic acid groups (broad SMARTS) is 2. The van der Waals surface area contributed by atoms with Crippen molar-refractivity contribution in [2.45, 2.75) is 38.3 Å². The molecular weight excluding hydrogens is 240 g/mol. The SMILES string of the molecule is CC1CCCN(C(=O)C(N)CC(=O)O)C1C(=O)O. The van der Waals surface area contributed by atoms with E-state index in [2.05, 4.69) is 0 Å². The van der Waals surface area contributed by atoms with Gasteiger partial charge in [0.1, 0.15) is 6.04 Å². The van der Waals surface area contributed by atoms with Crippen LogP contribution < -0.4 is 5.73 Å². The highest BCUT2D eigenvalue weighted by molar-refractivity contribution is 5.89. The highest BCUT2D eigenvalue weighted by Crippen LogP contribution is 2.24. The molecule has 0 bridgehead atoms. The Hall–Kier alpha value is -1.63. The summed E-state index contributed by atoms with van der Waals surface area (Å²) in [5.74, 6) is -3.00. The monoisotopic (exact) mass is 258 g/mol. The predicted octanol–water partition coefficient (Wildman–Crippen LogP) is -0.500. The van der Waals surface area contributed by atoms with Gasteiger partial charge in [0.05, 0.1) is 12.5 Å². The van der Waals surface area contributed by atoms with E-state index in [9.17, 15) is 14.4 Å². The van der Waals surface area contributed by atoms with Crippen LogP contribution in [-0.2, 0) is 14.4 Å². The molecule has 7 nitrogen and oxygen atoms in total. The molecule has 3 unspecified atom stereocenters. The number of nitrogens with two attached hydrogens (primary N) is 1. The van der Waals surface area contributed by atoms with E-state index in [1.165, 1.54) is 4.90 Å². The topological polar surface area (TPSA) is 121 Å². The number of rotatable bonds is 4. The highest BCUT2D eigenvalue weighted by Gasteiger charge is 2.38. The molecule has 1 rings (SSSR count). The summed E-state index contributed by atoms with van der Waals surface area (Å²) in [5.41, 5.74) is 5.49. The van der Waals surface area contributed by atoms with Crippen LogP contribution >= 0.6 is 0 Å². The van der Waals surface area contributed by atoms with Crippen LogP contribution in [0.2, 0.25) is 0 Å². The van der Waals surface area contributed by atoms with Gasteiger partial charge in [0.2, 0.25) is 5.91 Å². The van der Waals surface area contributed by atoms with Gasteiger partial charge in [0.25, 0.3) is 0 Å². The molecule has 0 aromatic heterocycles. The molecular formula is C11H18N2O5. The van der Waals surface area contributed by atoms with Gasteiger partial charge in [-0.2, -0.15) is 0 Å². The number of hydrogen-bond acceptors (Lipinski definition) is 4. The minimum atomic E-state index is -1.19. The molecule has 0 aliphatic carbocycles. The molecule has 1 heterocycles. The molecule has 0 aromatic rings. The molecule has 0 aromatic carbocycles. The predicted molar refractivity (Wildman–Crippen MR) is 61.8 cm³/mol. The molecule has 1 aliphatic rings. The van der Waals surface area contributed by atoms with E-state index in [1.807, 2.05) is 0 Å². The summed E-state index contributed by atoms with van der Waals surface area (Å²) in [6.45, 7) is 2.08. The van der Waals surface area contributed by atoms with Crippen molar-refractivity contribution in [2.75, 3.05) is 6.54 Å². The third-order valence-electron chi connectivity index (χ3n) is 3.18. The zero-order chi connectivity index (χ0) is 13.9. The molecule has 7 heteroatoms. The van der Waals surface area contributed by atoms with E-state index in [0.717, 1.165) is 6.42 Å². The summed E-state index contributed by atoms with van der Waals surface area (Å²) in [4.78, 5) is 34.8. The number of nitrogens with zero attached hydrogens (tertiary/aromatic N) is 1. The molecule has 0 radical (unpaired) electrons. The van der Waals surface area contributed by atoms with Crippen LogP contribution in [0.15, 0.2) is 0 Å². The van der Waals surface area contributed by atoms with Crippen LogP contribution in [0.3, 0.4) is 0 Å². The summed E-state index contributed by atoms with van der Waals surface area (Å²) in [6.07, 6.45) is 0.946. The molecule has 1 amide bonds. The molecule has 102 valence electrons. The molecule has 1 fully saturated rings. The lowest BCUT2D eigenvalue weighted by Crippen LogP contribution is -2.56. The second-order valence-electron chi connectivity index (χ2n) is 4.64. The van der Waals surface area contributed by atoms with Gasteiger partial charge in [-0.05, 0) is 18.8 Å². The fourth-order valence-corrected chi connectivity index (χ4v) is 2.30. The molecule has 18 heavy (non-hydrogen) atoms. The number of amides is 1. The van der Waals surface area contributed by atoms with Crippen molar-refractivity contribution in [1.82, 2.24) is 4.90 Å². The maximum atomic E-state index is 12.0. The first-order valence-electron chi connectivity index (χ1n) is 5.85. The van der Waals surface area contributed by atoms with E-state index in [4.69, 9.17) is 15.9 Å². The Morgan fingerprint density at radius 2 is 2.00 bits per heavy atom. The second-order valence-corrected chi connectivity index (χ2v) is 4.64. The van der Waals surface area contributed by atoms with Crippen molar-refractivity contribution in [3.63, 3.8) is 0 Å². The van der Waals surface area contributed by atoms with Gasteiger partial charge in [-0.1, -0.05) is 6.92 Å². The smallest absolute Gasteiger partial charge is 0.326 e. The van der Waals surface area contributed by atoms with E-state index < -0.39 is 36.4 Å². The Kier molecular flexibility index (Phi) is 4.66. The number of carboxylic acids is 2. The van der Waals surface area contributed by atoms with Crippen molar-refractivity contribution in [2.24, 2.45) is 11.7 Å². The second kappa shape index (κ2) is 5.81. The van der Waals surface area contributed by atoms with Crippen molar-refractivity contribution in [3.8, 4) is 0 Å². The van der Waals surface area contributed by atoms with Crippen molar-refractivity contribution in [1.29, 1.82) is 0 Å². The quantitative estimate of drug-likeness (QED) is 0.625. The van der Waals surface area contributed by atoms with E-state index >= 15 is 0 Å². The van der Waals surface area contributed by atoms with E-state index in [0.29, 0.717) is 13.0 Å². The Balaban J connectivity index is 2.81. The van der Waals surface area contributed by atoms with Gasteiger partial charge in [-0.25, -0.2) is 4.79 Å². The van der Waals surface area contributed by atoms with Crippen molar-refractivity contribution in [3.05, 3.63) is 0 Å². The van der Waals surface area contributed by atoms with Crippen molar-refractivity contribution < 1.29 is 24.6 Å². The summed E-state index contributed by atoms with van der Waals surface area (Å²) < 4.78 is 0. The fraction of sp³-hybridized carbons (Fsp3) is 0.727. The summed E-state index contributed by atoms with van der Waals surface area (Å²) in [5, 5.41) is 17.7. The third-order valence-corrected chi connectivity index (χ3v) is 3.18. The van der Waals surface area contributed by atoms with Gasteiger partial charge in [-0.15, -0.1) is 0 Å². The molecule has 0 spiro atoms. The van der Waals surface area contributed by atoms with Crippen LogP contribution in [-0.4, -0.2) is 51.6 Å². The summed E-state index contributed by atoms with van der Waals surface area (Å²) in [7, 11) is 0. The number of carbonyl (C=O) groups is 3. The van der Waals surface area contributed by atoms with Gasteiger partial charge in [-0.3, -0.25) is 9.59 Å². The lowest BCUT2D eigenvalue weighted by Gasteiger charge is -2.38. The highest BCUT2D eigenvalue weighted by atomic mass is 16.4.